The Morgan fingerprint density at radius 3 is 2.63 bits per heavy atom. The molecule has 3 nitrogen and oxygen atoms in total. The number of hydrogen-bond donors (Lipinski definition) is 1. The molecule has 3 rings (SSSR count). The van der Waals surface area contributed by atoms with E-state index in [1.165, 1.54) is 31.3 Å². The average Bonchev–Trinajstić information content (AvgIpc) is 2.63. The van der Waals surface area contributed by atoms with Crippen molar-refractivity contribution in [3.8, 4) is 11.5 Å². The molecule has 168 valence electrons. The predicted octanol–water partition coefficient (Wildman–Crippen LogP) is 6.61. The van der Waals surface area contributed by atoms with Crippen molar-refractivity contribution < 1.29 is 14.1 Å². The number of hydrogen-bond acceptors (Lipinski definition) is 3. The van der Waals surface area contributed by atoms with Crippen LogP contribution in [0.4, 0.5) is 0 Å². The van der Waals surface area contributed by atoms with Crippen molar-refractivity contribution in [3.63, 3.8) is 0 Å². The summed E-state index contributed by atoms with van der Waals surface area (Å²) in [6, 6.07) is 4.16. The molecule has 0 aromatic heterocycles. The second-order valence-corrected chi connectivity index (χ2v) is 12.0. The van der Waals surface area contributed by atoms with Gasteiger partial charge >= 0.3 is 0 Å². The lowest BCUT2D eigenvalue weighted by Crippen LogP contribution is -2.45. The molecule has 3 unspecified atom stereocenters. The summed E-state index contributed by atoms with van der Waals surface area (Å²) in [7, 11) is -0.840. The Balaban J connectivity index is 1.92. The van der Waals surface area contributed by atoms with E-state index in [2.05, 4.69) is 46.8 Å². The molecule has 0 fully saturated rings. The summed E-state index contributed by atoms with van der Waals surface area (Å²) in [5, 5.41) is 11.1. The van der Waals surface area contributed by atoms with Gasteiger partial charge in [-0.25, -0.2) is 0 Å². The Kier molecular flexibility index (Phi) is 7.06. The summed E-state index contributed by atoms with van der Waals surface area (Å²) < 4.78 is 18.3. The predicted molar refractivity (Wildman–Crippen MR) is 127 cm³/mol. The molecule has 1 aromatic carbocycles. The van der Waals surface area contributed by atoms with Crippen LogP contribution in [0.25, 0.3) is 0 Å². The molecule has 1 aromatic rings. The fraction of sp³-hybridized carbons (Fsp3) is 0.692. The lowest BCUT2D eigenvalue weighted by Gasteiger charge is -2.47. The largest absolute Gasteiger partial charge is 0.508 e. The first-order chi connectivity index (χ1) is 14.0. The summed E-state index contributed by atoms with van der Waals surface area (Å²) in [5.74, 6) is 2.38. The van der Waals surface area contributed by atoms with Crippen LogP contribution in [0.2, 0.25) is 0 Å². The van der Waals surface area contributed by atoms with E-state index in [0.717, 1.165) is 36.1 Å². The zero-order valence-electron chi connectivity index (χ0n) is 19.7. The third-order valence-electron chi connectivity index (χ3n) is 7.21. The van der Waals surface area contributed by atoms with Crippen LogP contribution in [0, 0.1) is 5.92 Å². The van der Waals surface area contributed by atoms with Crippen molar-refractivity contribution in [2.75, 3.05) is 12.0 Å². The van der Waals surface area contributed by atoms with Gasteiger partial charge in [0.25, 0.3) is 0 Å². The Bertz CT molecular complexity index is 822. The van der Waals surface area contributed by atoms with E-state index in [1.54, 1.807) is 6.26 Å². The first-order valence-corrected chi connectivity index (χ1v) is 13.3. The van der Waals surface area contributed by atoms with Crippen molar-refractivity contribution in [2.45, 2.75) is 96.5 Å². The Morgan fingerprint density at radius 2 is 1.97 bits per heavy atom. The third-order valence-corrected chi connectivity index (χ3v) is 7.99. The van der Waals surface area contributed by atoms with Crippen LogP contribution in [-0.2, 0) is 16.2 Å². The second kappa shape index (κ2) is 9.06. The van der Waals surface area contributed by atoms with E-state index in [-0.39, 0.29) is 16.9 Å². The first kappa shape index (κ1) is 23.4. The van der Waals surface area contributed by atoms with E-state index in [9.17, 15) is 9.32 Å². The lowest BCUT2D eigenvalue weighted by atomic mass is 9.66. The van der Waals surface area contributed by atoms with E-state index < -0.39 is 10.8 Å². The SMILES string of the molecule is CCCCCCC(C)(C)c1cc(O)c2c(c1)OC(C)(C)C1CC=C(CS(C)=O)CC21. The molecule has 1 heterocycles. The van der Waals surface area contributed by atoms with Crippen LogP contribution in [0.5, 0.6) is 11.5 Å². The van der Waals surface area contributed by atoms with Gasteiger partial charge in [0.1, 0.15) is 17.1 Å². The van der Waals surface area contributed by atoms with Gasteiger partial charge in [-0.05, 0) is 56.2 Å². The molecule has 3 atom stereocenters. The van der Waals surface area contributed by atoms with Crippen molar-refractivity contribution in [1.82, 2.24) is 0 Å². The van der Waals surface area contributed by atoms with Gasteiger partial charge in [0.15, 0.2) is 0 Å². The number of benzene rings is 1. The fourth-order valence-electron chi connectivity index (χ4n) is 5.37. The fourth-order valence-corrected chi connectivity index (χ4v) is 6.13. The smallest absolute Gasteiger partial charge is 0.127 e. The summed E-state index contributed by atoms with van der Waals surface area (Å²) in [4.78, 5) is 0. The van der Waals surface area contributed by atoms with Crippen molar-refractivity contribution in [3.05, 3.63) is 34.9 Å². The number of ether oxygens (including phenoxy) is 1. The van der Waals surface area contributed by atoms with Crippen molar-refractivity contribution >= 4 is 10.8 Å². The van der Waals surface area contributed by atoms with Crippen LogP contribution < -0.4 is 4.74 Å². The van der Waals surface area contributed by atoms with Gasteiger partial charge in [-0.2, -0.15) is 0 Å². The highest BCUT2D eigenvalue weighted by Crippen LogP contribution is 2.55. The maximum atomic E-state index is 11.8. The second-order valence-electron chi connectivity index (χ2n) is 10.5. The van der Waals surface area contributed by atoms with Gasteiger partial charge in [-0.15, -0.1) is 0 Å². The Morgan fingerprint density at radius 1 is 1.23 bits per heavy atom. The highest BCUT2D eigenvalue weighted by molar-refractivity contribution is 7.84. The number of phenolic OH excluding ortho intramolecular Hbond substituents is 1. The Labute approximate surface area is 185 Å². The monoisotopic (exact) mass is 432 g/mol. The van der Waals surface area contributed by atoms with Gasteiger partial charge in [-0.3, -0.25) is 4.21 Å². The van der Waals surface area contributed by atoms with E-state index >= 15 is 0 Å². The molecule has 0 radical (unpaired) electrons. The van der Waals surface area contributed by atoms with Gasteiger partial charge in [-0.1, -0.05) is 58.1 Å². The van der Waals surface area contributed by atoms with Gasteiger partial charge in [0.2, 0.25) is 0 Å². The van der Waals surface area contributed by atoms with Crippen LogP contribution in [0.3, 0.4) is 0 Å². The van der Waals surface area contributed by atoms with E-state index in [0.29, 0.717) is 17.4 Å². The van der Waals surface area contributed by atoms with Crippen LogP contribution in [0.15, 0.2) is 23.8 Å². The molecule has 0 saturated heterocycles. The minimum absolute atomic E-state index is 0.00133. The van der Waals surface area contributed by atoms with Crippen LogP contribution in [0.1, 0.15) is 96.6 Å². The molecule has 1 N–H and O–H groups in total. The molecule has 0 bridgehead atoms. The molecule has 0 amide bonds. The number of fused-ring (bicyclic) bond motifs is 3. The molecule has 4 heteroatoms. The van der Waals surface area contributed by atoms with E-state index in [1.807, 2.05) is 6.07 Å². The molecule has 1 aliphatic heterocycles. The zero-order chi connectivity index (χ0) is 22.1. The van der Waals surface area contributed by atoms with Crippen molar-refractivity contribution in [1.29, 1.82) is 0 Å². The van der Waals surface area contributed by atoms with Crippen LogP contribution in [-0.4, -0.2) is 26.9 Å². The minimum atomic E-state index is -0.840. The van der Waals surface area contributed by atoms with Gasteiger partial charge in [0, 0.05) is 40.2 Å². The molecule has 1 aliphatic carbocycles. The zero-order valence-corrected chi connectivity index (χ0v) is 20.5. The normalized spacial score (nSPS) is 23.7. The summed E-state index contributed by atoms with van der Waals surface area (Å²) in [6.07, 6.45) is 11.9. The van der Waals surface area contributed by atoms with Gasteiger partial charge in [0.05, 0.1) is 0 Å². The number of allylic oxidation sites excluding steroid dienone is 1. The number of unbranched alkanes of at least 4 members (excludes halogenated alkanes) is 3. The van der Waals surface area contributed by atoms with E-state index in [4.69, 9.17) is 4.74 Å². The first-order valence-electron chi connectivity index (χ1n) is 11.6. The lowest BCUT2D eigenvalue weighted by molar-refractivity contribution is 0.00745. The molecular weight excluding hydrogens is 392 g/mol. The highest BCUT2D eigenvalue weighted by atomic mass is 32.2. The highest BCUT2D eigenvalue weighted by Gasteiger charge is 2.46. The van der Waals surface area contributed by atoms with Crippen LogP contribution >= 0.6 is 0 Å². The number of rotatable bonds is 8. The average molecular weight is 433 g/mol. The summed E-state index contributed by atoms with van der Waals surface area (Å²) in [5.41, 5.74) is 3.08. The molecule has 0 spiro atoms. The quantitative estimate of drug-likeness (QED) is 0.371. The Hall–Kier alpha value is -1.29. The number of phenols is 1. The molecule has 2 aliphatic rings. The standard InChI is InChI=1S/C26H40O3S/c1-7-8-9-10-13-25(2,3)19-15-22(27)24-20-14-18(17-30(6)28)11-12-21(20)26(4,5)29-23(24)16-19/h11,15-16,20-21,27H,7-10,12-14,17H2,1-6H3. The maximum Gasteiger partial charge on any atom is 0.127 e. The van der Waals surface area contributed by atoms with Crippen molar-refractivity contribution in [2.24, 2.45) is 5.92 Å². The minimum Gasteiger partial charge on any atom is -0.508 e. The topological polar surface area (TPSA) is 46.5 Å². The van der Waals surface area contributed by atoms with Gasteiger partial charge < -0.3 is 9.84 Å². The molecular formula is C26H40O3S. The maximum absolute atomic E-state index is 11.8. The summed E-state index contributed by atoms with van der Waals surface area (Å²) in [6.45, 7) is 11.1. The third kappa shape index (κ3) is 4.95. The molecule has 30 heavy (non-hydrogen) atoms. The molecule has 0 saturated carbocycles. The number of aromatic hydroxyl groups is 1. The summed E-state index contributed by atoms with van der Waals surface area (Å²) >= 11 is 0.